The summed E-state index contributed by atoms with van der Waals surface area (Å²) in [6.45, 7) is 23.0. The summed E-state index contributed by atoms with van der Waals surface area (Å²) in [4.78, 5) is 3.41. The molecule has 3 aromatic rings. The van der Waals surface area contributed by atoms with Crippen LogP contribution >= 0.6 is 8.19 Å². The van der Waals surface area contributed by atoms with Crippen LogP contribution in [0.5, 0.6) is 0 Å². The minimum absolute atomic E-state index is 0. The van der Waals surface area contributed by atoms with Crippen molar-refractivity contribution in [1.82, 2.24) is 0 Å². The Morgan fingerprint density at radius 1 is 0.413 bits per heavy atom. The maximum absolute atomic E-state index is 4.94. The molecule has 46 heavy (non-hydrogen) atoms. The summed E-state index contributed by atoms with van der Waals surface area (Å²) in [6, 6.07) is 22.1. The van der Waals surface area contributed by atoms with Crippen molar-refractivity contribution in [2.45, 2.75) is 90.6 Å². The molecule has 0 atom stereocenters. The number of ether oxygens (including phenoxy) is 4. The van der Waals surface area contributed by atoms with Gasteiger partial charge in [0.2, 0.25) is 0 Å². The van der Waals surface area contributed by atoms with Gasteiger partial charge in [-0.3, -0.25) is 0 Å². The molecule has 0 amide bonds. The average molecular weight is 675 g/mol. The van der Waals surface area contributed by atoms with Gasteiger partial charge in [0.25, 0.3) is 0 Å². The number of hydrogen-bond donors (Lipinski definition) is 0. The van der Waals surface area contributed by atoms with Gasteiger partial charge in [-0.2, -0.15) is 0 Å². The Bertz CT molecular complexity index is 1030. The van der Waals surface area contributed by atoms with Crippen molar-refractivity contribution in [3.05, 3.63) is 60.7 Å². The van der Waals surface area contributed by atoms with Crippen molar-refractivity contribution in [1.29, 1.82) is 0 Å². The molecule has 0 radical (unpaired) electrons. The van der Waals surface area contributed by atoms with E-state index in [4.69, 9.17) is 18.9 Å². The Balaban J connectivity index is 0.000000278. The van der Waals surface area contributed by atoms with Crippen molar-refractivity contribution >= 4 is 34.2 Å². The van der Waals surface area contributed by atoms with E-state index in [1.54, 1.807) is 9.84 Å². The second-order valence-electron chi connectivity index (χ2n) is 14.1. The van der Waals surface area contributed by atoms with Gasteiger partial charge in [0.15, 0.2) is 0 Å². The molecule has 4 fully saturated rings. The molecule has 4 nitrogen and oxygen atoms in total. The first-order valence-electron chi connectivity index (χ1n) is 17.3. The van der Waals surface area contributed by atoms with Crippen LogP contribution in [0.2, 0.25) is 39.3 Å². The SMILES string of the molecule is C1CCOC1.C1CCOC1.C1CCOC1.C1CCOC1.C[Si](C)(C)c1[p-]c([Si](C)(C)C)c(-c2ccccc2)c1-c1ccccc1.[Li+]. The van der Waals surface area contributed by atoms with Crippen LogP contribution in [0, 0.1) is 0 Å². The molecule has 0 bridgehead atoms. The second kappa shape index (κ2) is 22.7. The largest absolute Gasteiger partial charge is 1.00 e. The minimum Gasteiger partial charge on any atom is -0.532 e. The molecule has 0 N–H and O–H groups in total. The van der Waals surface area contributed by atoms with E-state index in [2.05, 4.69) is 99.9 Å². The van der Waals surface area contributed by atoms with Crippen molar-refractivity contribution < 1.29 is 37.8 Å². The average Bonchev–Trinajstić information content (AvgIpc) is 3.87. The molecule has 1 aromatic heterocycles. The van der Waals surface area contributed by atoms with Gasteiger partial charge in [-0.15, -0.1) is 0 Å². The molecule has 250 valence electrons. The summed E-state index contributed by atoms with van der Waals surface area (Å²) in [6.07, 6.45) is 10.2. The van der Waals surface area contributed by atoms with Crippen LogP contribution in [0.3, 0.4) is 0 Å². The third kappa shape index (κ3) is 15.1. The van der Waals surface area contributed by atoms with Gasteiger partial charge in [-0.25, -0.2) is 9.84 Å². The first kappa shape index (κ1) is 41.3. The fraction of sp³-hybridized carbons (Fsp3) is 0.579. The van der Waals surface area contributed by atoms with Crippen LogP contribution in [0.25, 0.3) is 22.3 Å². The van der Waals surface area contributed by atoms with Gasteiger partial charge >= 0.3 is 18.9 Å². The molecule has 0 spiro atoms. The quantitative estimate of drug-likeness (QED) is 0.293. The van der Waals surface area contributed by atoms with E-state index in [1.165, 1.54) is 81.8 Å². The molecule has 5 heterocycles. The van der Waals surface area contributed by atoms with Crippen LogP contribution < -0.4 is 28.7 Å². The van der Waals surface area contributed by atoms with Gasteiger partial charge in [-0.05, 0) is 73.6 Å². The van der Waals surface area contributed by atoms with Crippen LogP contribution in [0.15, 0.2) is 60.7 Å². The maximum atomic E-state index is 4.94. The van der Waals surface area contributed by atoms with E-state index in [0.29, 0.717) is 0 Å². The second-order valence-corrected chi connectivity index (χ2v) is 26.0. The third-order valence-electron chi connectivity index (χ3n) is 7.80. The summed E-state index contributed by atoms with van der Waals surface area (Å²) in [7, 11) is -1.33. The molecule has 0 saturated carbocycles. The van der Waals surface area contributed by atoms with E-state index in [9.17, 15) is 0 Å². The predicted molar refractivity (Wildman–Crippen MR) is 202 cm³/mol. The summed E-state index contributed by atoms with van der Waals surface area (Å²) in [5, 5.41) is 0. The molecule has 4 aliphatic heterocycles. The summed E-state index contributed by atoms with van der Waals surface area (Å²) in [5.41, 5.74) is 5.84. The van der Waals surface area contributed by atoms with E-state index in [1.807, 2.05) is 0 Å². The van der Waals surface area contributed by atoms with E-state index < -0.39 is 16.1 Å². The Morgan fingerprint density at radius 2 is 0.652 bits per heavy atom. The van der Waals surface area contributed by atoms with Gasteiger partial charge in [0, 0.05) is 69.0 Å². The molecular formula is C38H60LiO4PSi2. The first-order chi connectivity index (χ1) is 21.7. The summed E-state index contributed by atoms with van der Waals surface area (Å²) in [5.74, 6) is 0. The van der Waals surface area contributed by atoms with Crippen LogP contribution in [0.1, 0.15) is 51.4 Å². The predicted octanol–water partition coefficient (Wildman–Crippen LogP) is 6.60. The smallest absolute Gasteiger partial charge is 0.532 e. The van der Waals surface area contributed by atoms with E-state index in [0.717, 1.165) is 52.9 Å². The zero-order valence-electron chi connectivity index (χ0n) is 30.2. The van der Waals surface area contributed by atoms with Crippen LogP contribution in [-0.4, -0.2) is 69.0 Å². The minimum atomic E-state index is -1.42. The summed E-state index contributed by atoms with van der Waals surface area (Å²) < 4.78 is 19.8. The number of benzene rings is 2. The van der Waals surface area contributed by atoms with E-state index >= 15 is 0 Å². The number of hydrogen-bond acceptors (Lipinski definition) is 4. The Morgan fingerprint density at radius 3 is 0.826 bits per heavy atom. The normalized spacial score (nSPS) is 17.2. The van der Waals surface area contributed by atoms with Gasteiger partial charge in [0.1, 0.15) is 0 Å². The molecule has 8 heteroatoms. The Labute approximate surface area is 297 Å². The number of rotatable bonds is 4. The topological polar surface area (TPSA) is 36.9 Å². The first-order valence-corrected chi connectivity index (χ1v) is 25.2. The monoisotopic (exact) mass is 674 g/mol. The van der Waals surface area contributed by atoms with Crippen molar-refractivity contribution in [3.63, 3.8) is 0 Å². The molecular weight excluding hydrogens is 615 g/mol. The van der Waals surface area contributed by atoms with Crippen LogP contribution in [0.4, 0.5) is 0 Å². The molecule has 2 aromatic carbocycles. The molecule has 4 aliphatic rings. The third-order valence-corrected chi connectivity index (χ3v) is 16.7. The molecule has 4 saturated heterocycles. The standard InChI is InChI=1S/C22H28PSi2.4C4H8O.Li/c1-24(2,3)21-19(17-13-9-7-10-14-17)20(18-15-11-8-12-16-18)22(23-21)25(4,5)6;4*1-2-4-5-3-1;/h7-16H,1-6H3;4*1-4H2;/q-1;;;;;+1. The molecule has 7 rings (SSSR count). The van der Waals surface area contributed by atoms with Gasteiger partial charge in [-0.1, -0.05) is 99.9 Å². The van der Waals surface area contributed by atoms with Gasteiger partial charge in [0.05, 0.1) is 0 Å². The Hall–Kier alpha value is -0.909. The van der Waals surface area contributed by atoms with Crippen molar-refractivity contribution in [2.75, 3.05) is 52.9 Å². The Kier molecular flexibility index (Phi) is 20.3. The molecule has 0 unspecified atom stereocenters. The van der Waals surface area contributed by atoms with Crippen molar-refractivity contribution in [3.8, 4) is 22.3 Å². The summed E-state index contributed by atoms with van der Waals surface area (Å²) >= 11 is 0. The molecule has 0 aliphatic carbocycles. The maximum Gasteiger partial charge on any atom is 1.00 e. The van der Waals surface area contributed by atoms with Gasteiger partial charge < -0.3 is 27.1 Å². The van der Waals surface area contributed by atoms with Crippen molar-refractivity contribution in [2.24, 2.45) is 0 Å². The fourth-order valence-corrected chi connectivity index (χ4v) is 12.0. The zero-order chi connectivity index (χ0) is 32.4. The van der Waals surface area contributed by atoms with Crippen LogP contribution in [-0.2, 0) is 18.9 Å². The fourth-order valence-electron chi connectivity index (χ4n) is 5.36. The van der Waals surface area contributed by atoms with E-state index in [-0.39, 0.29) is 18.9 Å². The zero-order valence-corrected chi connectivity index (χ0v) is 33.1.